The van der Waals surface area contributed by atoms with Crippen molar-refractivity contribution < 1.29 is 9.59 Å². The van der Waals surface area contributed by atoms with Gasteiger partial charge < -0.3 is 0 Å². The zero-order valence-corrected chi connectivity index (χ0v) is 20.9. The second-order valence-electron chi connectivity index (χ2n) is 6.91. The van der Waals surface area contributed by atoms with Crippen molar-refractivity contribution in [3.05, 3.63) is 58.1 Å². The Bertz CT molecular complexity index is 728. The van der Waals surface area contributed by atoms with Crippen LogP contribution in [0.5, 0.6) is 0 Å². The van der Waals surface area contributed by atoms with Crippen molar-refractivity contribution >= 4 is 80.9 Å². The summed E-state index contributed by atoms with van der Waals surface area (Å²) in [4.78, 5) is 20.3. The maximum atomic E-state index is 11.0. The number of halogens is 6. The number of benzene rings is 1. The van der Waals surface area contributed by atoms with Crippen molar-refractivity contribution in [2.75, 3.05) is 0 Å². The average molecular weight is 525 g/mol. The van der Waals surface area contributed by atoms with Crippen LogP contribution in [0.1, 0.15) is 38.1 Å². The molecule has 4 nitrogen and oxygen atoms in total. The molecule has 0 spiro atoms. The number of hydrogen-bond acceptors (Lipinski definition) is 4. The second-order valence-corrected chi connectivity index (χ2v) is 9.20. The molecule has 0 aliphatic heterocycles. The van der Waals surface area contributed by atoms with Crippen molar-refractivity contribution in [1.29, 1.82) is 0 Å². The highest BCUT2D eigenvalue weighted by Gasteiger charge is 2.41. The van der Waals surface area contributed by atoms with Crippen LogP contribution in [0.25, 0.3) is 0 Å². The number of alkyl halides is 1. The lowest BCUT2D eigenvalue weighted by atomic mass is 9.90. The van der Waals surface area contributed by atoms with E-state index in [-0.39, 0.29) is 23.0 Å². The van der Waals surface area contributed by atoms with Gasteiger partial charge in [-0.1, -0.05) is 59.6 Å². The highest BCUT2D eigenvalue weighted by Crippen LogP contribution is 2.43. The summed E-state index contributed by atoms with van der Waals surface area (Å²) in [5.74, 6) is 4.42. The first-order chi connectivity index (χ1) is 12.7. The number of rotatable bonds is 2. The molecule has 0 radical (unpaired) electrons. The Morgan fingerprint density at radius 1 is 1.10 bits per heavy atom. The van der Waals surface area contributed by atoms with Gasteiger partial charge in [-0.2, -0.15) is 0 Å². The van der Waals surface area contributed by atoms with E-state index in [1.165, 1.54) is 6.08 Å². The molecule has 1 aliphatic carbocycles. The molecule has 2 rings (SSSR count). The predicted octanol–water partition coefficient (Wildman–Crippen LogP) is 6.36. The number of allylic oxidation sites excluding steroid dienone is 4. The monoisotopic (exact) mass is 522 g/mol. The van der Waals surface area contributed by atoms with Gasteiger partial charge in [0.2, 0.25) is 5.24 Å². The summed E-state index contributed by atoms with van der Waals surface area (Å²) >= 11 is 28.2. The third kappa shape index (κ3) is 11.6. The number of nitrogens with two attached hydrogens (primary N) is 1. The van der Waals surface area contributed by atoms with Crippen LogP contribution in [0.4, 0.5) is 0 Å². The van der Waals surface area contributed by atoms with Gasteiger partial charge in [0.05, 0.1) is 20.9 Å². The maximum Gasteiger partial charge on any atom is 0.252 e. The quantitative estimate of drug-likeness (QED) is 0.204. The third-order valence-corrected chi connectivity index (χ3v) is 5.32. The van der Waals surface area contributed by atoms with E-state index in [1.54, 1.807) is 37.3 Å². The van der Waals surface area contributed by atoms with Crippen LogP contribution in [0.15, 0.2) is 52.5 Å². The molecule has 3 N–H and O–H groups in total. The van der Waals surface area contributed by atoms with Crippen LogP contribution < -0.4 is 11.3 Å². The number of hydrogen-bond donors (Lipinski definition) is 2. The average Bonchev–Trinajstić information content (AvgIpc) is 2.60. The summed E-state index contributed by atoms with van der Waals surface area (Å²) in [6, 6.07) is 8.74. The summed E-state index contributed by atoms with van der Waals surface area (Å²) in [6.07, 6.45) is 3.08. The van der Waals surface area contributed by atoms with Gasteiger partial charge in [-0.05, 0) is 57.0 Å². The summed E-state index contributed by atoms with van der Waals surface area (Å²) in [5.41, 5.74) is 3.21. The standard InChI is InChI=1S/C8H6Cl4O.C7H5ClO.C4H12N2.ClH/c1-8(12)4(7(11)13)2-3-5(9)6(8)10;8-7(9)6-4-2-1-3-5-6;1-4(2,3)6-5;/h2-4H,1H3;1-5H;6H,5H2,1-3H3;1H. The molecule has 0 saturated heterocycles. The highest BCUT2D eigenvalue weighted by atomic mass is 35.5. The zero-order valence-electron chi connectivity index (χ0n) is 16.3. The number of carbonyl (C=O) groups excluding carboxylic acids is 2. The van der Waals surface area contributed by atoms with Gasteiger partial charge in [-0.25, -0.2) is 0 Å². The van der Waals surface area contributed by atoms with E-state index in [9.17, 15) is 9.59 Å². The van der Waals surface area contributed by atoms with Gasteiger partial charge in [0.25, 0.3) is 5.24 Å². The molecule has 0 heterocycles. The highest BCUT2D eigenvalue weighted by molar-refractivity contribution is 6.67. The second kappa shape index (κ2) is 13.9. The van der Waals surface area contributed by atoms with Crippen molar-refractivity contribution in [1.82, 2.24) is 5.43 Å². The maximum absolute atomic E-state index is 11.0. The largest absolute Gasteiger partial charge is 0.281 e. The van der Waals surface area contributed by atoms with Gasteiger partial charge in [-0.3, -0.25) is 20.9 Å². The molecular weight excluding hydrogens is 501 g/mol. The van der Waals surface area contributed by atoms with Crippen LogP contribution in [0.2, 0.25) is 0 Å². The summed E-state index contributed by atoms with van der Waals surface area (Å²) < 4.78 is 0. The SMILES string of the molecule is CC(C)(C)NN.CC1(Cl)C(Cl)=C(Cl)C=CC1C(=O)Cl.Cl.O=C(Cl)c1ccccc1. The van der Waals surface area contributed by atoms with E-state index in [2.05, 4.69) is 5.43 Å². The molecule has 0 bridgehead atoms. The van der Waals surface area contributed by atoms with Crippen LogP contribution in [-0.2, 0) is 4.79 Å². The van der Waals surface area contributed by atoms with Crippen molar-refractivity contribution in [3.63, 3.8) is 0 Å². The fraction of sp³-hybridized carbons (Fsp3) is 0.368. The number of nitrogens with one attached hydrogen (secondary N) is 1. The Morgan fingerprint density at radius 3 is 1.86 bits per heavy atom. The Hall–Kier alpha value is -0.300. The molecule has 0 saturated carbocycles. The first-order valence-corrected chi connectivity index (χ1v) is 9.98. The Labute approximate surface area is 203 Å². The van der Waals surface area contributed by atoms with E-state index >= 15 is 0 Å². The fourth-order valence-corrected chi connectivity index (χ4v) is 2.91. The fourth-order valence-electron chi connectivity index (χ4n) is 1.66. The molecule has 1 aliphatic rings. The van der Waals surface area contributed by atoms with Crippen LogP contribution in [-0.4, -0.2) is 20.9 Å². The van der Waals surface area contributed by atoms with E-state index in [1.807, 2.05) is 26.8 Å². The molecule has 1 aromatic rings. The molecule has 2 unspecified atom stereocenters. The molecule has 0 aromatic heterocycles. The van der Waals surface area contributed by atoms with E-state index in [0.717, 1.165) is 0 Å². The molecule has 164 valence electrons. The molecule has 29 heavy (non-hydrogen) atoms. The van der Waals surface area contributed by atoms with E-state index in [4.69, 9.17) is 63.8 Å². The Kier molecular flexibility index (Phi) is 14.8. The normalized spacial score (nSPS) is 20.4. The molecule has 1 aromatic carbocycles. The van der Waals surface area contributed by atoms with Gasteiger partial charge in [0, 0.05) is 11.1 Å². The van der Waals surface area contributed by atoms with Gasteiger partial charge >= 0.3 is 0 Å². The van der Waals surface area contributed by atoms with E-state index < -0.39 is 21.3 Å². The smallest absolute Gasteiger partial charge is 0.252 e. The summed E-state index contributed by atoms with van der Waals surface area (Å²) in [6.45, 7) is 7.63. The minimum absolute atomic E-state index is 0. The van der Waals surface area contributed by atoms with Gasteiger partial charge in [0.15, 0.2) is 0 Å². The first-order valence-electron chi connectivity index (χ1n) is 8.09. The summed E-state index contributed by atoms with van der Waals surface area (Å²) in [5, 5.41) is -0.364. The van der Waals surface area contributed by atoms with Crippen molar-refractivity contribution in [2.45, 2.75) is 38.1 Å². The third-order valence-electron chi connectivity index (χ3n) is 3.34. The topological polar surface area (TPSA) is 72.2 Å². The number of carbonyl (C=O) groups is 2. The van der Waals surface area contributed by atoms with Gasteiger partial charge in [-0.15, -0.1) is 24.0 Å². The first kappa shape index (κ1) is 30.9. The lowest BCUT2D eigenvalue weighted by Gasteiger charge is -2.30. The number of hydrazine groups is 1. The molecule has 2 atom stereocenters. The van der Waals surface area contributed by atoms with Crippen LogP contribution >= 0.6 is 70.4 Å². The zero-order chi connectivity index (χ0) is 22.1. The van der Waals surface area contributed by atoms with Crippen LogP contribution in [0.3, 0.4) is 0 Å². The summed E-state index contributed by atoms with van der Waals surface area (Å²) in [7, 11) is 0. The Balaban J connectivity index is 0. The molecule has 10 heteroatoms. The molecule has 0 amide bonds. The molecular formula is C19H24Cl6N2O2. The van der Waals surface area contributed by atoms with Gasteiger partial charge in [0.1, 0.15) is 0 Å². The Morgan fingerprint density at radius 2 is 1.55 bits per heavy atom. The van der Waals surface area contributed by atoms with Crippen LogP contribution in [0, 0.1) is 5.92 Å². The molecule has 0 fully saturated rings. The van der Waals surface area contributed by atoms with E-state index in [0.29, 0.717) is 10.6 Å². The minimum Gasteiger partial charge on any atom is -0.281 e. The van der Waals surface area contributed by atoms with Crippen molar-refractivity contribution in [3.8, 4) is 0 Å². The van der Waals surface area contributed by atoms with Crippen molar-refractivity contribution in [2.24, 2.45) is 11.8 Å². The predicted molar refractivity (Wildman–Crippen MR) is 127 cm³/mol. The lowest BCUT2D eigenvalue weighted by Crippen LogP contribution is -2.41. The minimum atomic E-state index is -1.04. The lowest BCUT2D eigenvalue weighted by molar-refractivity contribution is -0.114.